The zero-order chi connectivity index (χ0) is 36.6. The molecule has 11 heteroatoms. The van der Waals surface area contributed by atoms with Gasteiger partial charge in [-0.05, 0) is 85.5 Å². The number of benzene rings is 3. The van der Waals surface area contributed by atoms with Crippen molar-refractivity contribution < 1.29 is 4.79 Å². The highest BCUT2D eigenvalue weighted by molar-refractivity contribution is 9.10. The summed E-state index contributed by atoms with van der Waals surface area (Å²) in [6, 6.07) is 19.8. The van der Waals surface area contributed by atoms with Crippen molar-refractivity contribution in [3.8, 4) is 11.8 Å². The number of carbonyl (C=O) groups excluding carboxylic acids is 1. The molecule has 0 atom stereocenters. The predicted molar refractivity (Wildman–Crippen MR) is 209 cm³/mol. The summed E-state index contributed by atoms with van der Waals surface area (Å²) < 4.78 is 5.92. The molecule has 0 bridgehead atoms. The van der Waals surface area contributed by atoms with E-state index in [0.29, 0.717) is 36.3 Å². The number of nitriles is 1. The molecule has 1 amide bonds. The standard InChI is InChI=1S/C40H41BrN8O2/c1-25-17-28(18-26(2)27(25)3)19-37(49-16-15-47(40(49)51)32-8-10-35(45(5)6)30(21-32)23-43)33-24-46(13-11-34(33)44-4)39(50)38-22-29-20-31(41)7-9-36(29)48(38)14-12-42/h7-10,15-18,20-23,43H,11,13-14,19,24H2,1-6H3/b37-33+,43-23?,44-34?. The van der Waals surface area contributed by atoms with Gasteiger partial charge >= 0.3 is 5.69 Å². The minimum absolute atomic E-state index is 0.0416. The second kappa shape index (κ2) is 14.4. The van der Waals surface area contributed by atoms with Gasteiger partial charge in [-0.2, -0.15) is 5.26 Å². The van der Waals surface area contributed by atoms with Gasteiger partial charge in [-0.15, -0.1) is 0 Å². The molecule has 10 nitrogen and oxygen atoms in total. The van der Waals surface area contributed by atoms with Gasteiger partial charge in [0.1, 0.15) is 12.2 Å². The molecule has 1 fully saturated rings. The average molecular weight is 746 g/mol. The third kappa shape index (κ3) is 6.71. The van der Waals surface area contributed by atoms with E-state index in [0.717, 1.165) is 43.6 Å². The van der Waals surface area contributed by atoms with E-state index in [1.54, 1.807) is 38.0 Å². The fraction of sp³-hybridized carbons (Fsp3) is 0.275. The lowest BCUT2D eigenvalue weighted by Gasteiger charge is -2.32. The van der Waals surface area contributed by atoms with E-state index in [1.165, 1.54) is 22.9 Å². The molecule has 1 saturated heterocycles. The molecular weight excluding hydrogens is 704 g/mol. The first-order chi connectivity index (χ1) is 24.4. The highest BCUT2D eigenvalue weighted by Gasteiger charge is 2.30. The van der Waals surface area contributed by atoms with E-state index >= 15 is 0 Å². The number of hydrogen-bond donors (Lipinski definition) is 1. The molecule has 3 heterocycles. The molecule has 2 aromatic heterocycles. The van der Waals surface area contributed by atoms with Crippen molar-refractivity contribution in [2.75, 3.05) is 39.1 Å². The first-order valence-electron chi connectivity index (χ1n) is 16.8. The number of halogens is 1. The van der Waals surface area contributed by atoms with Gasteiger partial charge in [-0.3, -0.25) is 18.9 Å². The number of imidazole rings is 1. The summed E-state index contributed by atoms with van der Waals surface area (Å²) >= 11 is 3.53. The molecule has 260 valence electrons. The van der Waals surface area contributed by atoms with Gasteiger partial charge in [0, 0.05) is 109 Å². The van der Waals surface area contributed by atoms with E-state index < -0.39 is 0 Å². The monoisotopic (exact) mass is 744 g/mol. The lowest BCUT2D eigenvalue weighted by molar-refractivity contribution is 0.0760. The Morgan fingerprint density at radius 1 is 1.06 bits per heavy atom. The van der Waals surface area contributed by atoms with Gasteiger partial charge in [0.05, 0.1) is 11.8 Å². The second-order valence-electron chi connectivity index (χ2n) is 13.2. The van der Waals surface area contributed by atoms with Gasteiger partial charge in [0.25, 0.3) is 5.91 Å². The molecule has 0 radical (unpaired) electrons. The molecule has 1 aliphatic heterocycles. The molecule has 5 aromatic rings. The molecular formula is C40H41BrN8O2. The number of carbonyl (C=O) groups is 1. The van der Waals surface area contributed by atoms with Crippen molar-refractivity contribution in [2.45, 2.75) is 40.2 Å². The second-order valence-corrected chi connectivity index (χ2v) is 14.1. The highest BCUT2D eigenvalue weighted by Crippen LogP contribution is 2.29. The van der Waals surface area contributed by atoms with Crippen LogP contribution in [0.5, 0.6) is 0 Å². The molecule has 0 aliphatic carbocycles. The molecule has 6 rings (SSSR count). The van der Waals surface area contributed by atoms with Crippen LogP contribution in [0.1, 0.15) is 44.7 Å². The van der Waals surface area contributed by atoms with Crippen LogP contribution in [0.15, 0.2) is 86.8 Å². The summed E-state index contributed by atoms with van der Waals surface area (Å²) in [6.45, 7) is 7.04. The van der Waals surface area contributed by atoms with Crippen molar-refractivity contribution in [2.24, 2.45) is 4.99 Å². The van der Waals surface area contributed by atoms with E-state index in [9.17, 15) is 14.9 Å². The Morgan fingerprint density at radius 3 is 2.47 bits per heavy atom. The third-order valence-electron chi connectivity index (χ3n) is 9.89. The summed E-state index contributed by atoms with van der Waals surface area (Å²) in [7, 11) is 5.60. The zero-order valence-corrected chi connectivity index (χ0v) is 31.4. The van der Waals surface area contributed by atoms with Crippen LogP contribution in [0.3, 0.4) is 0 Å². The number of fused-ring (bicyclic) bond motifs is 1. The highest BCUT2D eigenvalue weighted by atomic mass is 79.9. The van der Waals surface area contributed by atoms with Gasteiger partial charge in [-0.25, -0.2) is 4.79 Å². The lowest BCUT2D eigenvalue weighted by Crippen LogP contribution is -2.42. The van der Waals surface area contributed by atoms with Crippen LogP contribution in [0, 0.1) is 37.5 Å². The number of aromatic nitrogens is 3. The lowest BCUT2D eigenvalue weighted by atomic mass is 9.93. The fourth-order valence-corrected chi connectivity index (χ4v) is 7.38. The van der Waals surface area contributed by atoms with Crippen molar-refractivity contribution >= 4 is 56.1 Å². The van der Waals surface area contributed by atoms with Gasteiger partial charge in [0.15, 0.2) is 0 Å². The van der Waals surface area contributed by atoms with Gasteiger partial charge in [0.2, 0.25) is 0 Å². The first kappa shape index (κ1) is 35.4. The van der Waals surface area contributed by atoms with Crippen LogP contribution in [-0.2, 0) is 13.0 Å². The van der Waals surface area contributed by atoms with E-state index in [1.807, 2.05) is 61.5 Å². The number of anilines is 1. The Morgan fingerprint density at radius 2 is 1.80 bits per heavy atom. The number of aliphatic imine (C=N–C) groups is 1. The Bertz CT molecular complexity index is 2340. The minimum atomic E-state index is -0.259. The maximum atomic E-state index is 14.4. The van der Waals surface area contributed by atoms with Crippen molar-refractivity contribution in [3.63, 3.8) is 0 Å². The molecule has 51 heavy (non-hydrogen) atoms. The Labute approximate surface area is 306 Å². The summed E-state index contributed by atoms with van der Waals surface area (Å²) in [4.78, 5) is 37.2. The Hall–Kier alpha value is -5.47. The van der Waals surface area contributed by atoms with Crippen LogP contribution in [0.2, 0.25) is 0 Å². The van der Waals surface area contributed by atoms with Crippen molar-refractivity contribution in [1.29, 1.82) is 10.7 Å². The number of hydrogen-bond acceptors (Lipinski definition) is 6. The van der Waals surface area contributed by atoms with Gasteiger partial charge < -0.3 is 19.8 Å². The summed E-state index contributed by atoms with van der Waals surface area (Å²) in [5.74, 6) is -0.184. The quantitative estimate of drug-likeness (QED) is 0.173. The van der Waals surface area contributed by atoms with E-state index in [2.05, 4.69) is 59.9 Å². The van der Waals surface area contributed by atoms with Crippen molar-refractivity contribution in [3.05, 3.63) is 121 Å². The fourth-order valence-electron chi connectivity index (χ4n) is 7.00. The Balaban J connectivity index is 1.50. The van der Waals surface area contributed by atoms with Crippen LogP contribution in [-0.4, -0.2) is 70.7 Å². The molecule has 3 aromatic carbocycles. The normalized spacial score (nSPS) is 14.9. The number of aryl methyl sites for hydroxylation is 2. The molecule has 1 N–H and O–H groups in total. The number of rotatable bonds is 8. The van der Waals surface area contributed by atoms with Crippen LogP contribution >= 0.6 is 15.9 Å². The Kier molecular flexibility index (Phi) is 9.99. The van der Waals surface area contributed by atoms with Crippen LogP contribution in [0.4, 0.5) is 5.69 Å². The SMILES string of the molecule is CN=C1CCN(C(=O)c2cc3cc(Br)ccc3n2CC#N)C/C1=C(/Cc1cc(C)c(C)c(C)c1)n1ccn(-c2ccc(N(C)C)c(C=N)c2)c1=O. The van der Waals surface area contributed by atoms with E-state index in [4.69, 9.17) is 5.41 Å². The number of piperidine rings is 1. The van der Waals surface area contributed by atoms with Crippen molar-refractivity contribution in [1.82, 2.24) is 18.6 Å². The van der Waals surface area contributed by atoms with Crippen LogP contribution in [0.25, 0.3) is 22.3 Å². The smallest absolute Gasteiger partial charge is 0.337 e. The molecule has 0 unspecified atom stereocenters. The summed E-state index contributed by atoms with van der Waals surface area (Å²) in [5, 5.41) is 18.5. The topological polar surface area (TPSA) is 115 Å². The third-order valence-corrected chi connectivity index (χ3v) is 10.4. The average Bonchev–Trinajstić information content (AvgIpc) is 3.68. The molecule has 0 spiro atoms. The zero-order valence-electron chi connectivity index (χ0n) is 29.8. The summed E-state index contributed by atoms with van der Waals surface area (Å²) in [6.07, 6.45) is 5.78. The predicted octanol–water partition coefficient (Wildman–Crippen LogP) is 6.94. The number of amides is 1. The maximum Gasteiger partial charge on any atom is 0.337 e. The first-order valence-corrected chi connectivity index (χ1v) is 17.6. The maximum absolute atomic E-state index is 14.4. The van der Waals surface area contributed by atoms with Gasteiger partial charge in [-0.1, -0.05) is 28.1 Å². The molecule has 1 aliphatic rings. The van der Waals surface area contributed by atoms with Crippen LogP contribution < -0.4 is 10.6 Å². The number of nitrogens with one attached hydrogen (secondary N) is 1. The van der Waals surface area contributed by atoms with E-state index in [-0.39, 0.29) is 24.7 Å². The number of nitrogens with zero attached hydrogens (tertiary/aromatic N) is 7. The largest absolute Gasteiger partial charge is 0.377 e. The molecule has 0 saturated carbocycles. The summed E-state index contributed by atoms with van der Waals surface area (Å²) in [5.41, 5.74) is 10.3. The number of allylic oxidation sites excluding steroid dienone is 1. The minimum Gasteiger partial charge on any atom is -0.377 e. The number of likely N-dealkylation sites (tertiary alicyclic amines) is 1.